The minimum absolute atomic E-state index is 0.0940. The molecule has 0 aliphatic carbocycles. The summed E-state index contributed by atoms with van der Waals surface area (Å²) in [5, 5.41) is 3.77. The van der Waals surface area contributed by atoms with Crippen LogP contribution in [0.5, 0.6) is 0 Å². The first-order valence-electron chi connectivity index (χ1n) is 9.15. The van der Waals surface area contributed by atoms with Crippen molar-refractivity contribution in [1.29, 1.82) is 0 Å². The Bertz CT molecular complexity index is 1080. The van der Waals surface area contributed by atoms with Crippen LogP contribution in [0.15, 0.2) is 48.5 Å². The number of pyridine rings is 1. The van der Waals surface area contributed by atoms with Crippen LogP contribution in [0.3, 0.4) is 0 Å². The third-order valence-corrected chi connectivity index (χ3v) is 4.94. The van der Waals surface area contributed by atoms with Gasteiger partial charge in [-0.3, -0.25) is 14.6 Å². The largest absolute Gasteiger partial charge is 0.347 e. The lowest BCUT2D eigenvalue weighted by molar-refractivity contribution is -0.117. The normalized spacial score (nSPS) is 16.6. The number of aryl methyl sites for hydroxylation is 2. The Labute approximate surface area is 162 Å². The van der Waals surface area contributed by atoms with Crippen molar-refractivity contribution < 1.29 is 14.0 Å². The third kappa shape index (κ3) is 3.45. The molecule has 0 bridgehead atoms. The van der Waals surface area contributed by atoms with Gasteiger partial charge in [0.15, 0.2) is 0 Å². The van der Waals surface area contributed by atoms with Crippen LogP contribution in [0, 0.1) is 19.7 Å². The highest BCUT2D eigenvalue weighted by Crippen LogP contribution is 2.24. The van der Waals surface area contributed by atoms with Gasteiger partial charge in [0.25, 0.3) is 5.91 Å². The van der Waals surface area contributed by atoms with Gasteiger partial charge in [-0.05, 0) is 56.3 Å². The number of rotatable bonds is 3. The molecule has 1 aliphatic rings. The van der Waals surface area contributed by atoms with E-state index in [2.05, 4.69) is 10.3 Å². The number of fused-ring (bicyclic) bond motifs is 1. The SMILES string of the molecule is Cc1ccc2nc(C)cc(C(=O)NC3CC(=O)N(c4ccc(F)cc4)C3)c2c1. The van der Waals surface area contributed by atoms with Crippen molar-refractivity contribution in [1.82, 2.24) is 10.3 Å². The number of benzene rings is 2. The van der Waals surface area contributed by atoms with Gasteiger partial charge in [-0.1, -0.05) is 11.6 Å². The minimum atomic E-state index is -0.351. The van der Waals surface area contributed by atoms with Gasteiger partial charge in [0.1, 0.15) is 5.82 Å². The molecule has 1 N–H and O–H groups in total. The number of carbonyl (C=O) groups is 2. The maximum atomic E-state index is 13.1. The Morgan fingerprint density at radius 1 is 1.14 bits per heavy atom. The molecule has 5 nitrogen and oxygen atoms in total. The fraction of sp³-hybridized carbons (Fsp3) is 0.227. The number of amides is 2. The molecule has 6 heteroatoms. The maximum Gasteiger partial charge on any atom is 0.252 e. The predicted molar refractivity (Wildman–Crippen MR) is 106 cm³/mol. The smallest absolute Gasteiger partial charge is 0.252 e. The van der Waals surface area contributed by atoms with Crippen molar-refractivity contribution in [3.05, 3.63) is 71.2 Å². The summed E-state index contributed by atoms with van der Waals surface area (Å²) in [5.74, 6) is -0.668. The number of aromatic nitrogens is 1. The van der Waals surface area contributed by atoms with Crippen LogP contribution in [0.2, 0.25) is 0 Å². The number of hydrogen-bond donors (Lipinski definition) is 1. The zero-order chi connectivity index (χ0) is 19.8. The maximum absolute atomic E-state index is 13.1. The summed E-state index contributed by atoms with van der Waals surface area (Å²) in [6, 6.07) is 13.1. The first-order chi connectivity index (χ1) is 13.4. The van der Waals surface area contributed by atoms with Gasteiger partial charge in [-0.15, -0.1) is 0 Å². The van der Waals surface area contributed by atoms with Gasteiger partial charge in [0.05, 0.1) is 17.1 Å². The van der Waals surface area contributed by atoms with E-state index in [9.17, 15) is 14.0 Å². The van der Waals surface area contributed by atoms with Gasteiger partial charge >= 0.3 is 0 Å². The van der Waals surface area contributed by atoms with E-state index >= 15 is 0 Å². The second-order valence-electron chi connectivity index (χ2n) is 7.19. The van der Waals surface area contributed by atoms with Crippen LogP contribution in [-0.2, 0) is 4.79 Å². The summed E-state index contributed by atoms with van der Waals surface area (Å²) in [6.07, 6.45) is 0.212. The highest BCUT2D eigenvalue weighted by molar-refractivity contribution is 6.07. The zero-order valence-corrected chi connectivity index (χ0v) is 15.7. The summed E-state index contributed by atoms with van der Waals surface area (Å²) in [4.78, 5) is 31.4. The topological polar surface area (TPSA) is 62.3 Å². The Kier molecular flexibility index (Phi) is 4.55. The molecule has 1 atom stereocenters. The van der Waals surface area contributed by atoms with E-state index in [1.807, 2.05) is 32.0 Å². The van der Waals surface area contributed by atoms with Crippen LogP contribution in [0.1, 0.15) is 28.0 Å². The Morgan fingerprint density at radius 3 is 2.64 bits per heavy atom. The van der Waals surface area contributed by atoms with E-state index in [1.54, 1.807) is 23.1 Å². The molecule has 2 heterocycles. The van der Waals surface area contributed by atoms with E-state index in [0.29, 0.717) is 17.8 Å². The Hall–Kier alpha value is -3.28. The van der Waals surface area contributed by atoms with E-state index in [-0.39, 0.29) is 30.1 Å². The summed E-state index contributed by atoms with van der Waals surface area (Å²) >= 11 is 0. The van der Waals surface area contributed by atoms with Crippen molar-refractivity contribution in [3.63, 3.8) is 0 Å². The van der Waals surface area contributed by atoms with Crippen LogP contribution in [0.4, 0.5) is 10.1 Å². The van der Waals surface area contributed by atoms with Crippen LogP contribution in [-0.4, -0.2) is 29.4 Å². The van der Waals surface area contributed by atoms with E-state index < -0.39 is 0 Å². The summed E-state index contributed by atoms with van der Waals surface area (Å²) in [6.45, 7) is 4.18. The molecule has 0 radical (unpaired) electrons. The summed E-state index contributed by atoms with van der Waals surface area (Å²) in [7, 11) is 0. The molecule has 0 spiro atoms. The molecular formula is C22H20FN3O2. The number of anilines is 1. The van der Waals surface area contributed by atoms with Crippen LogP contribution < -0.4 is 10.2 Å². The molecule has 4 rings (SSSR count). The molecule has 1 aromatic heterocycles. The minimum Gasteiger partial charge on any atom is -0.347 e. The molecule has 1 aliphatic heterocycles. The lowest BCUT2D eigenvalue weighted by Crippen LogP contribution is -2.37. The average Bonchev–Trinajstić information content (AvgIpc) is 3.02. The third-order valence-electron chi connectivity index (χ3n) is 4.94. The van der Waals surface area contributed by atoms with Crippen LogP contribution >= 0.6 is 0 Å². The summed E-state index contributed by atoms with van der Waals surface area (Å²) < 4.78 is 13.1. The van der Waals surface area contributed by atoms with Crippen molar-refractivity contribution in [2.45, 2.75) is 26.3 Å². The van der Waals surface area contributed by atoms with Crippen molar-refractivity contribution in [2.75, 3.05) is 11.4 Å². The van der Waals surface area contributed by atoms with Gasteiger partial charge in [0, 0.05) is 29.7 Å². The van der Waals surface area contributed by atoms with Gasteiger partial charge in [-0.25, -0.2) is 4.39 Å². The highest BCUT2D eigenvalue weighted by atomic mass is 19.1. The highest BCUT2D eigenvalue weighted by Gasteiger charge is 2.32. The van der Waals surface area contributed by atoms with Crippen molar-refractivity contribution in [2.24, 2.45) is 0 Å². The van der Waals surface area contributed by atoms with E-state index in [1.165, 1.54) is 12.1 Å². The molecule has 3 aromatic rings. The Morgan fingerprint density at radius 2 is 1.89 bits per heavy atom. The fourth-order valence-corrected chi connectivity index (χ4v) is 3.60. The van der Waals surface area contributed by atoms with Crippen LogP contribution in [0.25, 0.3) is 10.9 Å². The molecule has 1 unspecified atom stereocenters. The van der Waals surface area contributed by atoms with E-state index in [0.717, 1.165) is 22.2 Å². The van der Waals surface area contributed by atoms with Gasteiger partial charge < -0.3 is 10.2 Å². The average molecular weight is 377 g/mol. The first-order valence-corrected chi connectivity index (χ1v) is 9.15. The number of nitrogens with one attached hydrogen (secondary N) is 1. The first kappa shape index (κ1) is 18.1. The summed E-state index contributed by atoms with van der Waals surface area (Å²) in [5.41, 5.74) is 3.76. The second-order valence-corrected chi connectivity index (χ2v) is 7.19. The Balaban J connectivity index is 1.56. The molecular weight excluding hydrogens is 357 g/mol. The quantitative estimate of drug-likeness (QED) is 0.760. The number of hydrogen-bond acceptors (Lipinski definition) is 3. The predicted octanol–water partition coefficient (Wildman–Crippen LogP) is 3.53. The molecule has 1 saturated heterocycles. The second kappa shape index (κ2) is 7.03. The molecule has 1 fully saturated rings. The molecule has 28 heavy (non-hydrogen) atoms. The number of nitrogens with zero attached hydrogens (tertiary/aromatic N) is 2. The molecule has 2 amide bonds. The molecule has 142 valence electrons. The molecule has 2 aromatic carbocycles. The van der Waals surface area contributed by atoms with E-state index in [4.69, 9.17) is 0 Å². The number of halogens is 1. The standard InChI is InChI=1S/C22H20FN3O2/c1-13-3-8-20-18(9-13)19(10-14(2)24-20)22(28)25-16-11-21(27)26(12-16)17-6-4-15(23)5-7-17/h3-10,16H,11-12H2,1-2H3,(H,25,28). The van der Waals surface area contributed by atoms with Crippen molar-refractivity contribution in [3.8, 4) is 0 Å². The van der Waals surface area contributed by atoms with Crippen molar-refractivity contribution >= 4 is 28.4 Å². The lowest BCUT2D eigenvalue weighted by atomic mass is 10.0. The lowest BCUT2D eigenvalue weighted by Gasteiger charge is -2.17. The van der Waals surface area contributed by atoms with Gasteiger partial charge in [-0.2, -0.15) is 0 Å². The number of carbonyl (C=O) groups excluding carboxylic acids is 2. The fourth-order valence-electron chi connectivity index (χ4n) is 3.60. The molecule has 0 saturated carbocycles. The monoisotopic (exact) mass is 377 g/mol. The zero-order valence-electron chi connectivity index (χ0n) is 15.7. The van der Waals surface area contributed by atoms with Gasteiger partial charge in [0.2, 0.25) is 5.91 Å².